The van der Waals surface area contributed by atoms with E-state index < -0.39 is 0 Å². The van der Waals surface area contributed by atoms with Crippen molar-refractivity contribution in [1.29, 1.82) is 0 Å². The lowest BCUT2D eigenvalue weighted by molar-refractivity contribution is -0.132. The second-order valence-corrected chi connectivity index (χ2v) is 5.79. The van der Waals surface area contributed by atoms with Gasteiger partial charge in [-0.3, -0.25) is 9.59 Å². The van der Waals surface area contributed by atoms with Gasteiger partial charge in [-0.05, 0) is 42.0 Å². The molecule has 0 radical (unpaired) electrons. The predicted molar refractivity (Wildman–Crippen MR) is 90.3 cm³/mol. The van der Waals surface area contributed by atoms with Gasteiger partial charge in [0.05, 0.1) is 10.0 Å². The smallest absolute Gasteiger partial charge is 0.260 e. The van der Waals surface area contributed by atoms with Crippen molar-refractivity contribution in [2.75, 3.05) is 13.7 Å². The highest BCUT2D eigenvalue weighted by molar-refractivity contribution is 6.42. The lowest BCUT2D eigenvalue weighted by atomic mass is 10.2. The number of amides is 1. The van der Waals surface area contributed by atoms with Crippen LogP contribution in [0.25, 0.3) is 0 Å². The number of likely N-dealkylation sites (N-methyl/N-ethyl adjacent to an activating group) is 1. The Morgan fingerprint density at radius 1 is 1.13 bits per heavy atom. The van der Waals surface area contributed by atoms with Gasteiger partial charge >= 0.3 is 0 Å². The van der Waals surface area contributed by atoms with Gasteiger partial charge in [-0.25, -0.2) is 0 Å². The summed E-state index contributed by atoms with van der Waals surface area (Å²) in [6, 6.07) is 11.8. The van der Waals surface area contributed by atoms with E-state index in [1.54, 1.807) is 48.3 Å². The number of carbonyl (C=O) groups excluding carboxylic acids is 2. The Labute approximate surface area is 144 Å². The molecule has 0 spiro atoms. The van der Waals surface area contributed by atoms with Crippen LogP contribution in [0.4, 0.5) is 0 Å². The SMILES string of the molecule is CN(Cc1ccc(Cl)c(Cl)c1)C(=O)COc1ccc(C=O)cc1. The highest BCUT2D eigenvalue weighted by atomic mass is 35.5. The van der Waals surface area contributed by atoms with Crippen molar-refractivity contribution < 1.29 is 14.3 Å². The van der Waals surface area contributed by atoms with Crippen molar-refractivity contribution >= 4 is 35.4 Å². The summed E-state index contributed by atoms with van der Waals surface area (Å²) in [5.74, 6) is 0.363. The van der Waals surface area contributed by atoms with Crippen molar-refractivity contribution in [3.05, 3.63) is 63.6 Å². The molecule has 2 aromatic rings. The second kappa shape index (κ2) is 7.99. The summed E-state index contributed by atoms with van der Waals surface area (Å²) >= 11 is 11.8. The average molecular weight is 352 g/mol. The first-order chi connectivity index (χ1) is 11.0. The molecule has 0 unspecified atom stereocenters. The minimum atomic E-state index is -0.171. The first kappa shape index (κ1) is 17.3. The lowest BCUT2D eigenvalue weighted by Gasteiger charge is -2.18. The number of carbonyl (C=O) groups is 2. The summed E-state index contributed by atoms with van der Waals surface area (Å²) in [6.07, 6.45) is 0.750. The molecule has 0 heterocycles. The fourth-order valence-corrected chi connectivity index (χ4v) is 2.22. The maximum absolute atomic E-state index is 12.1. The Kier molecular flexibility index (Phi) is 6.02. The molecule has 0 N–H and O–H groups in total. The monoisotopic (exact) mass is 351 g/mol. The molecule has 2 rings (SSSR count). The predicted octanol–water partition coefficient (Wildman–Crippen LogP) is 3.84. The lowest BCUT2D eigenvalue weighted by Crippen LogP contribution is -2.30. The molecule has 0 fully saturated rings. The van der Waals surface area contributed by atoms with E-state index in [0.717, 1.165) is 11.8 Å². The van der Waals surface area contributed by atoms with Gasteiger partial charge in [-0.2, -0.15) is 0 Å². The number of halogens is 2. The van der Waals surface area contributed by atoms with Crippen LogP contribution in [0.1, 0.15) is 15.9 Å². The van der Waals surface area contributed by atoms with E-state index in [4.69, 9.17) is 27.9 Å². The van der Waals surface area contributed by atoms with E-state index in [1.807, 2.05) is 6.07 Å². The second-order valence-electron chi connectivity index (χ2n) is 4.97. The van der Waals surface area contributed by atoms with Gasteiger partial charge in [-0.1, -0.05) is 29.3 Å². The van der Waals surface area contributed by atoms with E-state index in [-0.39, 0.29) is 12.5 Å². The molecular weight excluding hydrogens is 337 g/mol. The Morgan fingerprint density at radius 2 is 1.83 bits per heavy atom. The molecule has 0 saturated heterocycles. The molecule has 1 amide bonds. The van der Waals surface area contributed by atoms with E-state index in [1.165, 1.54) is 0 Å². The van der Waals surface area contributed by atoms with Gasteiger partial charge < -0.3 is 9.64 Å². The van der Waals surface area contributed by atoms with Crippen LogP contribution in [0.5, 0.6) is 5.75 Å². The Balaban J connectivity index is 1.88. The maximum Gasteiger partial charge on any atom is 0.260 e. The maximum atomic E-state index is 12.1. The fourth-order valence-electron chi connectivity index (χ4n) is 1.90. The molecule has 4 nitrogen and oxygen atoms in total. The van der Waals surface area contributed by atoms with Crippen LogP contribution in [-0.4, -0.2) is 30.7 Å². The first-order valence-electron chi connectivity index (χ1n) is 6.85. The minimum absolute atomic E-state index is 0.0851. The molecule has 0 aromatic heterocycles. The highest BCUT2D eigenvalue weighted by Gasteiger charge is 2.11. The molecule has 120 valence electrons. The summed E-state index contributed by atoms with van der Waals surface area (Å²) in [5, 5.41) is 0.933. The largest absolute Gasteiger partial charge is 0.484 e. The molecule has 0 atom stereocenters. The van der Waals surface area contributed by atoms with Crippen molar-refractivity contribution in [2.24, 2.45) is 0 Å². The number of benzene rings is 2. The standard InChI is InChI=1S/C17H15Cl2NO3/c1-20(9-13-4-7-15(18)16(19)8-13)17(22)11-23-14-5-2-12(10-21)3-6-14/h2-8,10H,9,11H2,1H3. The quantitative estimate of drug-likeness (QED) is 0.742. The first-order valence-corrected chi connectivity index (χ1v) is 7.61. The zero-order valence-electron chi connectivity index (χ0n) is 12.5. The van der Waals surface area contributed by atoms with Gasteiger partial charge in [0.15, 0.2) is 6.61 Å². The fraction of sp³-hybridized carbons (Fsp3) is 0.176. The van der Waals surface area contributed by atoms with Gasteiger partial charge in [0.2, 0.25) is 0 Å². The third kappa shape index (κ3) is 4.98. The number of hydrogen-bond acceptors (Lipinski definition) is 3. The van der Waals surface area contributed by atoms with Crippen molar-refractivity contribution in [2.45, 2.75) is 6.54 Å². The van der Waals surface area contributed by atoms with Gasteiger partial charge in [-0.15, -0.1) is 0 Å². The topological polar surface area (TPSA) is 46.6 Å². The number of aldehydes is 1. The zero-order valence-corrected chi connectivity index (χ0v) is 14.0. The van der Waals surface area contributed by atoms with Gasteiger partial charge in [0, 0.05) is 19.2 Å². The van der Waals surface area contributed by atoms with Crippen LogP contribution in [0.3, 0.4) is 0 Å². The Hall–Kier alpha value is -2.04. The molecule has 0 bridgehead atoms. The normalized spacial score (nSPS) is 10.2. The molecule has 23 heavy (non-hydrogen) atoms. The molecule has 0 aliphatic heterocycles. The molecular formula is C17H15Cl2NO3. The van der Waals surface area contributed by atoms with E-state index in [0.29, 0.717) is 27.9 Å². The van der Waals surface area contributed by atoms with Crippen LogP contribution < -0.4 is 4.74 Å². The van der Waals surface area contributed by atoms with Crippen LogP contribution in [-0.2, 0) is 11.3 Å². The van der Waals surface area contributed by atoms with Crippen LogP contribution in [0.15, 0.2) is 42.5 Å². The number of hydrogen-bond donors (Lipinski definition) is 0. The Bertz CT molecular complexity index is 701. The van der Waals surface area contributed by atoms with E-state index in [9.17, 15) is 9.59 Å². The third-order valence-electron chi connectivity index (χ3n) is 3.21. The van der Waals surface area contributed by atoms with Crippen molar-refractivity contribution in [1.82, 2.24) is 4.90 Å². The summed E-state index contributed by atoms with van der Waals surface area (Å²) in [4.78, 5) is 24.2. The summed E-state index contributed by atoms with van der Waals surface area (Å²) in [7, 11) is 1.68. The van der Waals surface area contributed by atoms with Crippen LogP contribution in [0, 0.1) is 0 Å². The molecule has 6 heteroatoms. The van der Waals surface area contributed by atoms with E-state index in [2.05, 4.69) is 0 Å². The summed E-state index contributed by atoms with van der Waals surface area (Å²) in [6.45, 7) is 0.321. The van der Waals surface area contributed by atoms with E-state index >= 15 is 0 Å². The van der Waals surface area contributed by atoms with Crippen molar-refractivity contribution in [3.63, 3.8) is 0 Å². The van der Waals surface area contributed by atoms with Gasteiger partial charge in [0.25, 0.3) is 5.91 Å². The molecule has 0 aliphatic carbocycles. The average Bonchev–Trinajstić information content (AvgIpc) is 2.56. The number of nitrogens with zero attached hydrogens (tertiary/aromatic N) is 1. The van der Waals surface area contributed by atoms with Gasteiger partial charge in [0.1, 0.15) is 12.0 Å². The highest BCUT2D eigenvalue weighted by Crippen LogP contribution is 2.23. The Morgan fingerprint density at radius 3 is 2.43 bits per heavy atom. The third-order valence-corrected chi connectivity index (χ3v) is 3.95. The zero-order chi connectivity index (χ0) is 16.8. The summed E-state index contributed by atoms with van der Waals surface area (Å²) in [5.41, 5.74) is 1.44. The number of rotatable bonds is 6. The van der Waals surface area contributed by atoms with Crippen molar-refractivity contribution in [3.8, 4) is 5.75 Å². The number of ether oxygens (including phenoxy) is 1. The molecule has 0 saturated carbocycles. The van der Waals surface area contributed by atoms with Crippen LogP contribution >= 0.6 is 23.2 Å². The summed E-state index contributed by atoms with van der Waals surface area (Å²) < 4.78 is 5.41. The van der Waals surface area contributed by atoms with Crippen LogP contribution in [0.2, 0.25) is 10.0 Å². The minimum Gasteiger partial charge on any atom is -0.484 e. The molecule has 0 aliphatic rings. The molecule has 2 aromatic carbocycles.